The molecule has 188 valence electrons. The van der Waals surface area contributed by atoms with Crippen LogP contribution in [0, 0.1) is 0 Å². The SMILES string of the molecule is C[C@H](NC(=O)c1nc[nH]c1C(=O)N1CCN(C(=O)OC(C)(C)C)CC1)C(=O)OCc1ccccc1. The first-order valence-electron chi connectivity index (χ1n) is 11.4. The number of imidazole rings is 1. The summed E-state index contributed by atoms with van der Waals surface area (Å²) >= 11 is 0. The number of carbonyl (C=O) groups is 4. The highest BCUT2D eigenvalue weighted by atomic mass is 16.6. The van der Waals surface area contributed by atoms with E-state index in [1.54, 1.807) is 25.7 Å². The van der Waals surface area contributed by atoms with Gasteiger partial charge in [-0.3, -0.25) is 9.59 Å². The summed E-state index contributed by atoms with van der Waals surface area (Å²) in [6, 6.07) is 8.24. The lowest BCUT2D eigenvalue weighted by Gasteiger charge is -2.35. The van der Waals surface area contributed by atoms with E-state index in [-0.39, 0.29) is 31.1 Å². The summed E-state index contributed by atoms with van der Waals surface area (Å²) in [5.41, 5.74) is 0.115. The Morgan fingerprint density at radius 3 is 2.31 bits per heavy atom. The van der Waals surface area contributed by atoms with E-state index in [2.05, 4.69) is 15.3 Å². The van der Waals surface area contributed by atoms with Crippen molar-refractivity contribution in [2.24, 2.45) is 0 Å². The maximum Gasteiger partial charge on any atom is 0.410 e. The van der Waals surface area contributed by atoms with Crippen LogP contribution < -0.4 is 5.32 Å². The van der Waals surface area contributed by atoms with E-state index in [9.17, 15) is 19.2 Å². The molecule has 1 atom stereocenters. The van der Waals surface area contributed by atoms with Crippen molar-refractivity contribution in [3.63, 3.8) is 0 Å². The summed E-state index contributed by atoms with van der Waals surface area (Å²) in [6.45, 7) is 8.12. The van der Waals surface area contributed by atoms with Crippen molar-refractivity contribution in [3.05, 3.63) is 53.6 Å². The maximum atomic E-state index is 13.0. The summed E-state index contributed by atoms with van der Waals surface area (Å²) in [5.74, 6) is -1.70. The Labute approximate surface area is 203 Å². The van der Waals surface area contributed by atoms with Crippen molar-refractivity contribution in [2.75, 3.05) is 26.2 Å². The fraction of sp³-hybridized carbons (Fsp3) is 0.458. The van der Waals surface area contributed by atoms with Gasteiger partial charge in [-0.2, -0.15) is 0 Å². The number of nitrogens with zero attached hydrogens (tertiary/aromatic N) is 3. The van der Waals surface area contributed by atoms with Crippen molar-refractivity contribution in [1.82, 2.24) is 25.1 Å². The highest BCUT2D eigenvalue weighted by Gasteiger charge is 2.31. The highest BCUT2D eigenvalue weighted by Crippen LogP contribution is 2.14. The minimum atomic E-state index is -0.941. The summed E-state index contributed by atoms with van der Waals surface area (Å²) in [7, 11) is 0. The van der Waals surface area contributed by atoms with Crippen molar-refractivity contribution >= 4 is 23.9 Å². The number of amides is 3. The first-order valence-corrected chi connectivity index (χ1v) is 11.4. The molecule has 1 fully saturated rings. The molecule has 1 aliphatic rings. The third-order valence-electron chi connectivity index (χ3n) is 5.21. The van der Waals surface area contributed by atoms with Gasteiger partial charge in [-0.15, -0.1) is 0 Å². The molecule has 3 amide bonds. The molecule has 2 N–H and O–H groups in total. The Morgan fingerprint density at radius 2 is 1.69 bits per heavy atom. The van der Waals surface area contributed by atoms with Crippen LogP contribution in [-0.2, 0) is 20.9 Å². The van der Waals surface area contributed by atoms with Gasteiger partial charge in [-0.1, -0.05) is 30.3 Å². The third-order valence-corrected chi connectivity index (χ3v) is 5.21. The smallest absolute Gasteiger partial charge is 0.410 e. The van der Waals surface area contributed by atoms with E-state index >= 15 is 0 Å². The van der Waals surface area contributed by atoms with Crippen LogP contribution in [0.1, 0.15) is 54.2 Å². The molecular weight excluding hydrogens is 454 g/mol. The number of aromatic nitrogens is 2. The predicted octanol–water partition coefficient (Wildman–Crippen LogP) is 1.96. The van der Waals surface area contributed by atoms with Gasteiger partial charge in [0, 0.05) is 26.2 Å². The second-order valence-electron chi connectivity index (χ2n) is 9.17. The molecule has 1 aliphatic heterocycles. The normalized spacial score (nSPS) is 14.7. The number of hydrogen-bond donors (Lipinski definition) is 2. The number of carbonyl (C=O) groups excluding carboxylic acids is 4. The van der Waals surface area contributed by atoms with Gasteiger partial charge in [0.05, 0.1) is 6.33 Å². The summed E-state index contributed by atoms with van der Waals surface area (Å²) in [5, 5.41) is 2.52. The van der Waals surface area contributed by atoms with Crippen LogP contribution in [0.15, 0.2) is 36.7 Å². The minimum Gasteiger partial charge on any atom is -0.459 e. The largest absolute Gasteiger partial charge is 0.459 e. The average molecular weight is 486 g/mol. The van der Waals surface area contributed by atoms with Gasteiger partial charge in [-0.05, 0) is 33.3 Å². The molecule has 1 aromatic heterocycles. The Bertz CT molecular complexity index is 1050. The topological polar surface area (TPSA) is 134 Å². The zero-order chi connectivity index (χ0) is 25.6. The van der Waals surface area contributed by atoms with Gasteiger partial charge in [0.15, 0.2) is 5.69 Å². The predicted molar refractivity (Wildman–Crippen MR) is 125 cm³/mol. The Morgan fingerprint density at radius 1 is 1.06 bits per heavy atom. The molecule has 2 heterocycles. The van der Waals surface area contributed by atoms with E-state index in [1.807, 2.05) is 30.3 Å². The molecule has 35 heavy (non-hydrogen) atoms. The fourth-order valence-corrected chi connectivity index (χ4v) is 3.38. The number of esters is 1. The van der Waals surface area contributed by atoms with Crippen molar-refractivity contribution in [3.8, 4) is 0 Å². The quantitative estimate of drug-likeness (QED) is 0.598. The van der Waals surface area contributed by atoms with E-state index in [0.29, 0.717) is 13.1 Å². The first kappa shape index (κ1) is 25.7. The molecular formula is C24H31N5O6. The number of H-pyrrole nitrogens is 1. The first-order chi connectivity index (χ1) is 16.5. The van der Waals surface area contributed by atoms with Crippen LogP contribution >= 0.6 is 0 Å². The van der Waals surface area contributed by atoms with Crippen LogP contribution in [0.4, 0.5) is 4.79 Å². The van der Waals surface area contributed by atoms with Crippen molar-refractivity contribution < 1.29 is 28.7 Å². The van der Waals surface area contributed by atoms with Gasteiger partial charge in [-0.25, -0.2) is 14.6 Å². The average Bonchev–Trinajstić information content (AvgIpc) is 3.32. The molecule has 3 rings (SSSR count). The number of piperazine rings is 1. The lowest BCUT2D eigenvalue weighted by Crippen LogP contribution is -2.52. The van der Waals surface area contributed by atoms with Gasteiger partial charge in [0.2, 0.25) is 0 Å². The van der Waals surface area contributed by atoms with E-state index in [4.69, 9.17) is 9.47 Å². The zero-order valence-electron chi connectivity index (χ0n) is 20.4. The zero-order valence-corrected chi connectivity index (χ0v) is 20.4. The second kappa shape index (κ2) is 11.0. The lowest BCUT2D eigenvalue weighted by molar-refractivity contribution is -0.146. The van der Waals surface area contributed by atoms with Gasteiger partial charge in [0.25, 0.3) is 11.8 Å². The summed E-state index contributed by atoms with van der Waals surface area (Å²) in [4.78, 5) is 60.0. The van der Waals surface area contributed by atoms with Gasteiger partial charge >= 0.3 is 12.1 Å². The lowest BCUT2D eigenvalue weighted by atomic mass is 10.2. The molecule has 1 aromatic carbocycles. The second-order valence-corrected chi connectivity index (χ2v) is 9.17. The molecule has 0 radical (unpaired) electrons. The Hall–Kier alpha value is -3.89. The minimum absolute atomic E-state index is 0.0121. The Kier molecular flexibility index (Phi) is 8.10. The van der Waals surface area contributed by atoms with E-state index in [1.165, 1.54) is 18.2 Å². The van der Waals surface area contributed by atoms with Crippen LogP contribution in [-0.4, -0.2) is 81.5 Å². The third kappa shape index (κ3) is 7.05. The number of nitrogens with one attached hydrogen (secondary N) is 2. The summed E-state index contributed by atoms with van der Waals surface area (Å²) < 4.78 is 10.6. The monoisotopic (exact) mass is 485 g/mol. The molecule has 0 spiro atoms. The van der Waals surface area contributed by atoms with E-state index in [0.717, 1.165) is 5.56 Å². The number of rotatable bonds is 6. The van der Waals surface area contributed by atoms with E-state index < -0.39 is 35.5 Å². The molecule has 0 aliphatic carbocycles. The molecule has 0 bridgehead atoms. The molecule has 2 aromatic rings. The number of ether oxygens (including phenoxy) is 2. The highest BCUT2D eigenvalue weighted by molar-refractivity contribution is 6.05. The number of hydrogen-bond acceptors (Lipinski definition) is 7. The molecule has 11 heteroatoms. The fourth-order valence-electron chi connectivity index (χ4n) is 3.38. The van der Waals surface area contributed by atoms with Crippen LogP contribution in [0.5, 0.6) is 0 Å². The summed E-state index contributed by atoms with van der Waals surface area (Å²) in [6.07, 6.45) is 0.816. The van der Waals surface area contributed by atoms with Crippen molar-refractivity contribution in [1.29, 1.82) is 0 Å². The van der Waals surface area contributed by atoms with Gasteiger partial charge in [0.1, 0.15) is 23.9 Å². The van der Waals surface area contributed by atoms with Crippen LogP contribution in [0.25, 0.3) is 0 Å². The van der Waals surface area contributed by atoms with Crippen LogP contribution in [0.3, 0.4) is 0 Å². The molecule has 0 saturated carbocycles. The number of benzene rings is 1. The molecule has 1 saturated heterocycles. The van der Waals surface area contributed by atoms with Crippen LogP contribution in [0.2, 0.25) is 0 Å². The standard InChI is InChI=1S/C24H31N5O6/c1-16(22(32)34-14-17-8-6-5-7-9-17)27-20(30)18-19(26-15-25-18)21(31)28-10-12-29(13-11-28)23(33)35-24(2,3)4/h5-9,15-16H,10-14H2,1-4H3,(H,25,26)(H,27,30)/t16-/m0/s1. The van der Waals surface area contributed by atoms with Crippen molar-refractivity contribution in [2.45, 2.75) is 45.9 Å². The molecule has 0 unspecified atom stereocenters. The molecule has 11 nitrogen and oxygen atoms in total. The van der Waals surface area contributed by atoms with Gasteiger partial charge < -0.3 is 29.6 Å². The number of aromatic amines is 1. The maximum absolute atomic E-state index is 13.0. The Balaban J connectivity index is 1.54.